The number of fused-ring (bicyclic) bond motifs is 4. The van der Waals surface area contributed by atoms with Crippen LogP contribution in [0, 0.1) is 0 Å². The smallest absolute Gasteiger partial charge is 0.277 e. The van der Waals surface area contributed by atoms with Crippen LogP contribution in [0.25, 0.3) is 44.2 Å². The number of aromatic amines is 1. The van der Waals surface area contributed by atoms with E-state index >= 15 is 0 Å². The molecule has 0 fully saturated rings. The van der Waals surface area contributed by atoms with E-state index in [-0.39, 0.29) is 11.6 Å². The van der Waals surface area contributed by atoms with Crippen molar-refractivity contribution in [2.24, 2.45) is 0 Å². The van der Waals surface area contributed by atoms with Gasteiger partial charge in [-0.3, -0.25) is 14.3 Å². The summed E-state index contributed by atoms with van der Waals surface area (Å²) in [6.45, 7) is 5.55. The number of unbranched alkanes of at least 4 members (excludes halogenated alkanes) is 1. The van der Waals surface area contributed by atoms with Gasteiger partial charge in [0.05, 0.1) is 6.20 Å². The minimum atomic E-state index is -0.0887. The molecule has 0 unspecified atom stereocenters. The summed E-state index contributed by atoms with van der Waals surface area (Å²) in [6, 6.07) is 28.1. The topological polar surface area (TPSA) is 101 Å². The predicted octanol–water partition coefficient (Wildman–Crippen LogP) is 8.62. The van der Waals surface area contributed by atoms with Gasteiger partial charge in [-0.05, 0) is 56.3 Å². The minimum Gasteiger partial charge on any atom is -0.456 e. The molecule has 7 aromatic rings. The standard InChI is InChI=1S/C30H29N3O2.C9H11N3/c1-3-4-5-11-18-33-29(22-12-7-6-8-13-22)31-20-26(30(33)34)32-21(2)23-16-17-28-25(19-23)24-14-9-10-15-27(24)35-28;1-10-6-8-4-7-5-11-3-2-9(7)12-8/h5-17,19-21,32H,3-4,18H2,1-2H3;2-5,10,12H,6H2,1H3/b11-5-;/t21-;/m0./s1. The zero-order valence-corrected chi connectivity index (χ0v) is 27.0. The molecule has 4 aromatic heterocycles. The molecule has 0 aliphatic rings. The first-order valence-corrected chi connectivity index (χ1v) is 16.1. The van der Waals surface area contributed by atoms with Gasteiger partial charge in [0, 0.05) is 64.5 Å². The molecule has 0 aliphatic heterocycles. The number of pyridine rings is 1. The Bertz CT molecular complexity index is 2140. The monoisotopic (exact) mass is 624 g/mol. The Morgan fingerprint density at radius 3 is 2.55 bits per heavy atom. The number of benzene rings is 3. The van der Waals surface area contributed by atoms with Crippen molar-refractivity contribution in [3.63, 3.8) is 0 Å². The molecule has 7 rings (SSSR count). The van der Waals surface area contributed by atoms with Crippen LogP contribution in [0.1, 0.15) is 44.0 Å². The molecule has 0 aliphatic carbocycles. The Morgan fingerprint density at radius 1 is 0.936 bits per heavy atom. The van der Waals surface area contributed by atoms with Gasteiger partial charge in [0.1, 0.15) is 22.7 Å². The van der Waals surface area contributed by atoms with Crippen molar-refractivity contribution in [1.82, 2.24) is 24.8 Å². The van der Waals surface area contributed by atoms with Crippen molar-refractivity contribution in [3.8, 4) is 11.4 Å². The number of nitrogens with one attached hydrogen (secondary N) is 3. The number of hydrogen-bond donors (Lipinski definition) is 3. The van der Waals surface area contributed by atoms with Crippen molar-refractivity contribution in [2.75, 3.05) is 12.4 Å². The molecule has 0 amide bonds. The van der Waals surface area contributed by atoms with E-state index in [1.165, 1.54) is 11.1 Å². The maximum Gasteiger partial charge on any atom is 0.277 e. The largest absolute Gasteiger partial charge is 0.456 e. The third kappa shape index (κ3) is 7.18. The molecule has 0 saturated carbocycles. The minimum absolute atomic E-state index is 0.0818. The number of anilines is 1. The maximum absolute atomic E-state index is 13.6. The van der Waals surface area contributed by atoms with Crippen LogP contribution < -0.4 is 16.2 Å². The van der Waals surface area contributed by atoms with E-state index < -0.39 is 0 Å². The SMILES string of the molecule is CCC/C=C\Cn1c(-c2ccccc2)ncc(N[C@@H](C)c2ccc3oc4ccccc4c3c2)c1=O.CNCc1cc2cnccc2[nH]1. The van der Waals surface area contributed by atoms with E-state index in [0.29, 0.717) is 18.1 Å². The van der Waals surface area contributed by atoms with Gasteiger partial charge in [-0.1, -0.05) is 80.1 Å². The Balaban J connectivity index is 0.000000269. The predicted molar refractivity (Wildman–Crippen MR) is 193 cm³/mol. The van der Waals surface area contributed by atoms with Gasteiger partial charge in [-0.2, -0.15) is 0 Å². The van der Waals surface area contributed by atoms with E-state index in [4.69, 9.17) is 4.42 Å². The first kappa shape index (κ1) is 31.5. The van der Waals surface area contributed by atoms with E-state index in [2.05, 4.69) is 63.7 Å². The van der Waals surface area contributed by atoms with Crippen LogP contribution in [0.2, 0.25) is 0 Å². The second-order valence-corrected chi connectivity index (χ2v) is 11.5. The highest BCUT2D eigenvalue weighted by atomic mass is 16.3. The average molecular weight is 625 g/mol. The van der Waals surface area contributed by atoms with Crippen molar-refractivity contribution in [2.45, 2.75) is 45.8 Å². The van der Waals surface area contributed by atoms with Crippen molar-refractivity contribution < 1.29 is 4.42 Å². The van der Waals surface area contributed by atoms with Gasteiger partial charge >= 0.3 is 0 Å². The quantitative estimate of drug-likeness (QED) is 0.132. The fourth-order valence-electron chi connectivity index (χ4n) is 5.69. The first-order chi connectivity index (χ1) is 23.1. The van der Waals surface area contributed by atoms with Crippen LogP contribution in [0.3, 0.4) is 0 Å². The molecule has 8 nitrogen and oxygen atoms in total. The zero-order chi connectivity index (χ0) is 32.6. The Kier molecular flexibility index (Phi) is 9.89. The summed E-state index contributed by atoms with van der Waals surface area (Å²) in [6.07, 6.45) is 11.5. The van der Waals surface area contributed by atoms with Gasteiger partial charge in [0.15, 0.2) is 0 Å². The fraction of sp³-hybridized carbons (Fsp3) is 0.205. The summed E-state index contributed by atoms with van der Waals surface area (Å²) >= 11 is 0. The molecule has 47 heavy (non-hydrogen) atoms. The molecule has 0 bridgehead atoms. The lowest BCUT2D eigenvalue weighted by molar-refractivity contribution is 0.668. The Morgan fingerprint density at radius 2 is 1.74 bits per heavy atom. The highest BCUT2D eigenvalue weighted by Crippen LogP contribution is 2.31. The van der Waals surface area contributed by atoms with Crippen LogP contribution in [-0.4, -0.2) is 26.6 Å². The lowest BCUT2D eigenvalue weighted by atomic mass is 10.0. The molecule has 4 heterocycles. The van der Waals surface area contributed by atoms with E-state index in [1.807, 2.05) is 86.1 Å². The van der Waals surface area contributed by atoms with Gasteiger partial charge in [0.25, 0.3) is 5.56 Å². The highest BCUT2D eigenvalue weighted by Gasteiger charge is 2.15. The number of nitrogens with zero attached hydrogens (tertiary/aromatic N) is 3. The molecule has 3 N–H and O–H groups in total. The molecular formula is C39H40N6O2. The van der Waals surface area contributed by atoms with Crippen LogP contribution >= 0.6 is 0 Å². The van der Waals surface area contributed by atoms with Gasteiger partial charge < -0.3 is 20.0 Å². The highest BCUT2D eigenvalue weighted by molar-refractivity contribution is 6.05. The lowest BCUT2D eigenvalue weighted by Gasteiger charge is -2.18. The van der Waals surface area contributed by atoms with Crippen LogP contribution in [0.15, 0.2) is 125 Å². The number of aromatic nitrogens is 4. The molecule has 8 heteroatoms. The zero-order valence-electron chi connectivity index (χ0n) is 27.0. The van der Waals surface area contributed by atoms with Gasteiger partial charge in [0.2, 0.25) is 0 Å². The molecular weight excluding hydrogens is 584 g/mol. The Hall–Kier alpha value is -5.47. The summed E-state index contributed by atoms with van der Waals surface area (Å²) in [5.74, 6) is 0.668. The average Bonchev–Trinajstić information content (AvgIpc) is 3.69. The summed E-state index contributed by atoms with van der Waals surface area (Å²) in [4.78, 5) is 25.6. The van der Waals surface area contributed by atoms with E-state index in [0.717, 1.165) is 58.0 Å². The third-order valence-electron chi connectivity index (χ3n) is 8.11. The van der Waals surface area contributed by atoms with Gasteiger partial charge in [-0.25, -0.2) is 4.98 Å². The van der Waals surface area contributed by atoms with Gasteiger partial charge in [-0.15, -0.1) is 0 Å². The van der Waals surface area contributed by atoms with Crippen LogP contribution in [-0.2, 0) is 13.1 Å². The first-order valence-electron chi connectivity index (χ1n) is 16.1. The van der Waals surface area contributed by atoms with Crippen LogP contribution in [0.5, 0.6) is 0 Å². The van der Waals surface area contributed by atoms with E-state index in [1.54, 1.807) is 17.0 Å². The second kappa shape index (κ2) is 14.7. The molecule has 0 saturated heterocycles. The third-order valence-corrected chi connectivity index (χ3v) is 8.11. The molecule has 3 aromatic carbocycles. The number of furan rings is 1. The number of rotatable bonds is 10. The summed E-state index contributed by atoms with van der Waals surface area (Å²) in [5, 5.41) is 9.83. The number of H-pyrrole nitrogens is 1. The molecule has 238 valence electrons. The lowest BCUT2D eigenvalue weighted by Crippen LogP contribution is -2.26. The summed E-state index contributed by atoms with van der Waals surface area (Å²) in [5.41, 5.74) is 6.48. The second-order valence-electron chi connectivity index (χ2n) is 11.5. The number of hydrogen-bond acceptors (Lipinski definition) is 6. The summed E-state index contributed by atoms with van der Waals surface area (Å²) in [7, 11) is 1.93. The maximum atomic E-state index is 13.6. The fourth-order valence-corrected chi connectivity index (χ4v) is 5.69. The van der Waals surface area contributed by atoms with Crippen LogP contribution in [0.4, 0.5) is 5.69 Å². The number of para-hydroxylation sites is 1. The molecule has 0 radical (unpaired) electrons. The Labute approximate surface area is 274 Å². The number of allylic oxidation sites excluding steroid dienone is 2. The normalized spacial score (nSPS) is 12.1. The summed E-state index contributed by atoms with van der Waals surface area (Å²) < 4.78 is 7.70. The van der Waals surface area contributed by atoms with E-state index in [9.17, 15) is 4.79 Å². The molecule has 1 atom stereocenters. The van der Waals surface area contributed by atoms with Crippen molar-refractivity contribution in [1.29, 1.82) is 0 Å². The van der Waals surface area contributed by atoms with Crippen molar-refractivity contribution >= 4 is 38.5 Å². The molecule has 0 spiro atoms. The van der Waals surface area contributed by atoms with Crippen molar-refractivity contribution in [3.05, 3.63) is 137 Å².